The number of rotatable bonds is 1. The highest BCUT2D eigenvalue weighted by Gasteiger charge is 1.94. The molecule has 0 saturated heterocycles. The average molecular weight is 125 g/mol. The van der Waals surface area contributed by atoms with Crippen LogP contribution in [-0.2, 0) is 4.79 Å². The summed E-state index contributed by atoms with van der Waals surface area (Å²) in [6.07, 6.45) is 1.84. The predicted molar refractivity (Wildman–Crippen MR) is 33.9 cm³/mol. The molecular weight excluding hydrogens is 120 g/mol. The Morgan fingerprint density at radius 1 is 1.75 bits per heavy atom. The summed E-state index contributed by atoms with van der Waals surface area (Å²) in [6.45, 7) is 1.91. The van der Waals surface area contributed by atoms with Gasteiger partial charge < -0.3 is 0 Å². The first-order chi connectivity index (χ1) is 3.84. The number of carbonyl (C=O) groups excluding carboxylic acids is 1. The lowest BCUT2D eigenvalue weighted by atomic mass is 10.3. The average Bonchev–Trinajstić information content (AvgIpc) is 2.14. The van der Waals surface area contributed by atoms with Crippen LogP contribution < -0.4 is 0 Å². The maximum atomic E-state index is 9.97. The number of thiophene rings is 1. The molecule has 0 saturated carbocycles. The highest BCUT2D eigenvalue weighted by Crippen LogP contribution is 2.11. The van der Waals surface area contributed by atoms with Crippen LogP contribution in [0.2, 0.25) is 0 Å². The first kappa shape index (κ1) is 5.51. The zero-order chi connectivity index (χ0) is 5.98. The van der Waals surface area contributed by atoms with Crippen molar-refractivity contribution >= 4 is 17.6 Å². The highest BCUT2D eigenvalue weighted by molar-refractivity contribution is 7.10. The van der Waals surface area contributed by atoms with Crippen LogP contribution >= 0.6 is 11.3 Å². The molecule has 1 rings (SSSR count). The Morgan fingerprint density at radius 2 is 2.50 bits per heavy atom. The fraction of sp³-hybridized carbons (Fsp3) is 0.167. The lowest BCUT2D eigenvalue weighted by Gasteiger charge is -1.77. The Morgan fingerprint density at radius 3 is 2.75 bits per heavy atom. The van der Waals surface area contributed by atoms with E-state index in [1.807, 2.05) is 18.6 Å². The van der Waals surface area contributed by atoms with Gasteiger partial charge in [0.05, 0.1) is 0 Å². The Kier molecular flexibility index (Phi) is 1.44. The molecule has 0 aliphatic rings. The van der Waals surface area contributed by atoms with Crippen LogP contribution in [0.5, 0.6) is 0 Å². The molecule has 1 heterocycles. The van der Waals surface area contributed by atoms with Crippen molar-refractivity contribution in [3.63, 3.8) is 0 Å². The molecule has 0 fully saturated rings. The van der Waals surface area contributed by atoms with Crippen molar-refractivity contribution in [1.82, 2.24) is 0 Å². The largest absolute Gasteiger partial charge is 0.285 e. The van der Waals surface area contributed by atoms with Crippen LogP contribution in [0, 0.1) is 6.92 Å². The van der Waals surface area contributed by atoms with Crippen LogP contribution in [0.3, 0.4) is 0 Å². The van der Waals surface area contributed by atoms with Crippen LogP contribution in [0.25, 0.3) is 0 Å². The van der Waals surface area contributed by atoms with E-state index in [0.29, 0.717) is 5.56 Å². The van der Waals surface area contributed by atoms with Gasteiger partial charge in [-0.15, -0.1) is 11.3 Å². The van der Waals surface area contributed by atoms with Gasteiger partial charge in [-0.3, -0.25) is 4.79 Å². The molecule has 0 unspecified atom stereocenters. The lowest BCUT2D eigenvalue weighted by molar-refractivity contribution is 0.562. The topological polar surface area (TPSA) is 17.1 Å². The molecule has 0 spiro atoms. The van der Waals surface area contributed by atoms with Crippen molar-refractivity contribution in [2.45, 2.75) is 6.92 Å². The number of aryl methyl sites for hydroxylation is 1. The molecule has 1 aromatic heterocycles. The van der Waals surface area contributed by atoms with E-state index in [0.717, 1.165) is 4.88 Å². The Labute approximate surface area is 52.0 Å². The van der Waals surface area contributed by atoms with Gasteiger partial charge in [0.1, 0.15) is 0 Å². The van der Waals surface area contributed by atoms with Gasteiger partial charge in [-0.25, -0.2) is 0 Å². The van der Waals surface area contributed by atoms with Gasteiger partial charge in [0.15, 0.2) is 0 Å². The van der Waals surface area contributed by atoms with E-state index < -0.39 is 0 Å². The van der Waals surface area contributed by atoms with Gasteiger partial charge in [-0.05, 0) is 18.4 Å². The summed E-state index contributed by atoms with van der Waals surface area (Å²) in [7, 11) is 0. The minimum atomic E-state index is 0.690. The number of hydrogen-bond donors (Lipinski definition) is 0. The fourth-order valence-corrected chi connectivity index (χ4v) is 1.14. The Hall–Kier alpha value is -0.630. The molecule has 0 aliphatic carbocycles. The third-order valence-corrected chi connectivity index (χ3v) is 1.81. The van der Waals surface area contributed by atoms with Crippen LogP contribution in [-0.4, -0.2) is 6.29 Å². The molecule has 1 radical (unpaired) electrons. The molecule has 0 aromatic carbocycles. The third kappa shape index (κ3) is 0.793. The van der Waals surface area contributed by atoms with Crippen molar-refractivity contribution < 1.29 is 4.79 Å². The van der Waals surface area contributed by atoms with Crippen LogP contribution in [0.1, 0.15) is 10.4 Å². The van der Waals surface area contributed by atoms with Crippen molar-refractivity contribution in [1.29, 1.82) is 0 Å². The standard InChI is InChI=1S/C6H5OS/c1-5-6(4-7)2-3-8-5/h2-3H,1H3. The maximum Gasteiger partial charge on any atom is 0.234 e. The molecular formula is C6H5OS. The van der Waals surface area contributed by atoms with E-state index in [9.17, 15) is 4.79 Å². The van der Waals surface area contributed by atoms with Crippen molar-refractivity contribution in [3.05, 3.63) is 21.9 Å². The monoisotopic (exact) mass is 125 g/mol. The van der Waals surface area contributed by atoms with Gasteiger partial charge in [-0.1, -0.05) is 0 Å². The van der Waals surface area contributed by atoms with E-state index in [1.165, 1.54) is 0 Å². The summed E-state index contributed by atoms with van der Waals surface area (Å²) in [5, 5.41) is 1.88. The third-order valence-electron chi connectivity index (χ3n) is 0.969. The van der Waals surface area contributed by atoms with Crippen LogP contribution in [0.4, 0.5) is 0 Å². The first-order valence-electron chi connectivity index (χ1n) is 2.27. The van der Waals surface area contributed by atoms with Gasteiger partial charge in [-0.2, -0.15) is 0 Å². The minimum Gasteiger partial charge on any atom is -0.285 e. The molecule has 1 aromatic rings. The second kappa shape index (κ2) is 2.09. The quantitative estimate of drug-likeness (QED) is 0.556. The molecule has 1 nitrogen and oxygen atoms in total. The van der Waals surface area contributed by atoms with Gasteiger partial charge in [0.25, 0.3) is 0 Å². The maximum absolute atomic E-state index is 9.97. The van der Waals surface area contributed by atoms with E-state index >= 15 is 0 Å². The predicted octanol–water partition coefficient (Wildman–Crippen LogP) is 1.51. The van der Waals surface area contributed by atoms with E-state index in [4.69, 9.17) is 0 Å². The second-order valence-electron chi connectivity index (χ2n) is 1.49. The van der Waals surface area contributed by atoms with Gasteiger partial charge in [0, 0.05) is 10.4 Å². The van der Waals surface area contributed by atoms with Gasteiger partial charge in [0.2, 0.25) is 6.29 Å². The number of hydrogen-bond acceptors (Lipinski definition) is 2. The normalized spacial score (nSPS) is 9.12. The molecule has 0 amide bonds. The Bertz CT molecular complexity index is 190. The fourth-order valence-electron chi connectivity index (χ4n) is 0.491. The SMILES string of the molecule is Cc1sccc1[C]=O. The van der Waals surface area contributed by atoms with E-state index in [-0.39, 0.29) is 0 Å². The smallest absolute Gasteiger partial charge is 0.234 e. The van der Waals surface area contributed by atoms with E-state index in [1.54, 1.807) is 17.4 Å². The second-order valence-corrected chi connectivity index (χ2v) is 2.61. The molecule has 0 bridgehead atoms. The molecule has 8 heavy (non-hydrogen) atoms. The molecule has 0 N–H and O–H groups in total. The minimum absolute atomic E-state index is 0.690. The Balaban J connectivity index is 3.09. The summed E-state index contributed by atoms with van der Waals surface area (Å²) in [6, 6.07) is 1.77. The summed E-state index contributed by atoms with van der Waals surface area (Å²) in [5.74, 6) is 0. The molecule has 41 valence electrons. The summed E-state index contributed by atoms with van der Waals surface area (Å²) in [5.41, 5.74) is 0.690. The van der Waals surface area contributed by atoms with Crippen molar-refractivity contribution in [2.75, 3.05) is 0 Å². The summed E-state index contributed by atoms with van der Waals surface area (Å²) < 4.78 is 0. The molecule has 2 heteroatoms. The molecule has 0 aliphatic heterocycles. The zero-order valence-corrected chi connectivity index (χ0v) is 5.29. The highest BCUT2D eigenvalue weighted by atomic mass is 32.1. The van der Waals surface area contributed by atoms with Crippen LogP contribution in [0.15, 0.2) is 11.4 Å². The summed E-state index contributed by atoms with van der Waals surface area (Å²) >= 11 is 1.57. The van der Waals surface area contributed by atoms with Crippen molar-refractivity contribution in [3.8, 4) is 0 Å². The zero-order valence-electron chi connectivity index (χ0n) is 4.47. The first-order valence-corrected chi connectivity index (χ1v) is 3.15. The van der Waals surface area contributed by atoms with Gasteiger partial charge >= 0.3 is 0 Å². The molecule has 0 atom stereocenters. The summed E-state index contributed by atoms with van der Waals surface area (Å²) in [4.78, 5) is 11.0. The van der Waals surface area contributed by atoms with Crippen molar-refractivity contribution in [2.24, 2.45) is 0 Å². The lowest BCUT2D eigenvalue weighted by Crippen LogP contribution is -1.74. The van der Waals surface area contributed by atoms with E-state index in [2.05, 4.69) is 0 Å².